The van der Waals surface area contributed by atoms with Crippen molar-refractivity contribution in [2.24, 2.45) is 11.6 Å². The van der Waals surface area contributed by atoms with E-state index >= 15 is 0 Å². The third kappa shape index (κ3) is 2.56. The highest BCUT2D eigenvalue weighted by atomic mass is 32.1. The number of amides is 2. The number of carbonyl (C=O) groups excluding carboxylic acids is 2. The first kappa shape index (κ1) is 13.1. The van der Waals surface area contributed by atoms with Crippen molar-refractivity contribution < 1.29 is 14.7 Å². The van der Waals surface area contributed by atoms with Gasteiger partial charge in [-0.05, 0) is 35.9 Å². The molecule has 0 spiro atoms. The van der Waals surface area contributed by atoms with Crippen LogP contribution in [0.1, 0.15) is 20.0 Å². The lowest BCUT2D eigenvalue weighted by Crippen LogP contribution is -2.31. The molecule has 0 saturated carbocycles. The van der Waals surface area contributed by atoms with Gasteiger partial charge in [0.2, 0.25) is 0 Å². The molecule has 0 bridgehead atoms. The minimum atomic E-state index is -0.686. The number of nitrogens with two attached hydrogens (primary N) is 2. The number of hydrazine groups is 1. The molecule has 2 amide bonds. The highest BCUT2D eigenvalue weighted by Gasteiger charge is 2.19. The predicted octanol–water partition coefficient (Wildman–Crippen LogP) is 0.823. The number of nitrogens with one attached hydrogen (secondary N) is 1. The third-order valence-electron chi connectivity index (χ3n) is 2.48. The monoisotopic (exact) mass is 277 g/mol. The Bertz CT molecular complexity index is 634. The van der Waals surface area contributed by atoms with E-state index in [2.05, 4.69) is 0 Å². The largest absolute Gasteiger partial charge is 0.508 e. The summed E-state index contributed by atoms with van der Waals surface area (Å²) >= 11 is 1.10. The molecule has 0 unspecified atom stereocenters. The summed E-state index contributed by atoms with van der Waals surface area (Å²) in [6.45, 7) is 0. The van der Waals surface area contributed by atoms with Crippen LogP contribution >= 0.6 is 11.3 Å². The van der Waals surface area contributed by atoms with Crippen LogP contribution in [-0.2, 0) is 0 Å². The van der Waals surface area contributed by atoms with Gasteiger partial charge in [-0.2, -0.15) is 0 Å². The van der Waals surface area contributed by atoms with E-state index in [1.807, 2.05) is 5.43 Å². The fraction of sp³-hybridized carbons (Fsp3) is 0. The summed E-state index contributed by atoms with van der Waals surface area (Å²) in [5, 5.41) is 9.23. The Morgan fingerprint density at radius 3 is 2.37 bits per heavy atom. The molecule has 7 heteroatoms. The van der Waals surface area contributed by atoms with Gasteiger partial charge in [-0.1, -0.05) is 0 Å². The molecule has 1 aromatic heterocycles. The fourth-order valence-corrected chi connectivity index (χ4v) is 2.60. The van der Waals surface area contributed by atoms with Gasteiger partial charge in [0.1, 0.15) is 10.6 Å². The van der Waals surface area contributed by atoms with E-state index in [9.17, 15) is 14.7 Å². The molecule has 2 aromatic rings. The fourth-order valence-electron chi connectivity index (χ4n) is 1.59. The molecule has 6 N–H and O–H groups in total. The number of phenolic OH excluding ortho intramolecular Hbond substituents is 1. The number of aromatic hydroxyl groups is 1. The molecule has 0 aliphatic heterocycles. The number of thiophene rings is 1. The zero-order valence-electron chi connectivity index (χ0n) is 9.71. The van der Waals surface area contributed by atoms with Gasteiger partial charge >= 0.3 is 0 Å². The van der Waals surface area contributed by atoms with Gasteiger partial charge in [-0.25, -0.2) is 5.84 Å². The Hall–Kier alpha value is -2.38. The first-order valence-corrected chi connectivity index (χ1v) is 6.08. The summed E-state index contributed by atoms with van der Waals surface area (Å²) in [6.07, 6.45) is 0. The van der Waals surface area contributed by atoms with Gasteiger partial charge in [-0.3, -0.25) is 15.0 Å². The number of rotatable bonds is 3. The number of carbonyl (C=O) groups is 2. The Kier molecular flexibility index (Phi) is 3.50. The lowest BCUT2D eigenvalue weighted by atomic mass is 10.1. The molecule has 0 atom stereocenters. The van der Waals surface area contributed by atoms with Crippen molar-refractivity contribution in [3.8, 4) is 16.2 Å². The summed E-state index contributed by atoms with van der Waals surface area (Å²) in [4.78, 5) is 23.7. The standard InChI is InChI=1S/C12H11N3O3S/c13-11(17)10-8(12(18)15-14)5-9(19-10)6-1-3-7(16)4-2-6/h1-5,16H,14H2,(H2,13,17)(H,15,18). The molecule has 6 nitrogen and oxygen atoms in total. The van der Waals surface area contributed by atoms with Gasteiger partial charge in [0.05, 0.1) is 5.56 Å². The van der Waals surface area contributed by atoms with Crippen LogP contribution in [0, 0.1) is 0 Å². The zero-order chi connectivity index (χ0) is 14.0. The number of primary amides is 1. The number of nitrogen functional groups attached to an aromatic ring is 1. The van der Waals surface area contributed by atoms with E-state index in [4.69, 9.17) is 11.6 Å². The zero-order valence-corrected chi connectivity index (χ0v) is 10.5. The minimum absolute atomic E-state index is 0.135. The summed E-state index contributed by atoms with van der Waals surface area (Å²) in [5.74, 6) is 3.93. The minimum Gasteiger partial charge on any atom is -0.508 e. The predicted molar refractivity (Wildman–Crippen MR) is 71.6 cm³/mol. The van der Waals surface area contributed by atoms with E-state index in [0.717, 1.165) is 16.9 Å². The van der Waals surface area contributed by atoms with E-state index in [1.165, 1.54) is 12.1 Å². The van der Waals surface area contributed by atoms with Crippen molar-refractivity contribution in [3.63, 3.8) is 0 Å². The van der Waals surface area contributed by atoms with E-state index in [0.29, 0.717) is 4.88 Å². The molecule has 2 rings (SSSR count). The second kappa shape index (κ2) is 5.09. The van der Waals surface area contributed by atoms with Crippen molar-refractivity contribution in [1.82, 2.24) is 5.43 Å². The van der Waals surface area contributed by atoms with Gasteiger partial charge in [0.15, 0.2) is 0 Å². The Balaban J connectivity index is 2.51. The van der Waals surface area contributed by atoms with Crippen LogP contribution in [0.2, 0.25) is 0 Å². The maximum absolute atomic E-state index is 11.6. The van der Waals surface area contributed by atoms with Crippen molar-refractivity contribution in [1.29, 1.82) is 0 Å². The Labute approximate surface area is 112 Å². The average Bonchev–Trinajstić information content (AvgIpc) is 2.84. The SMILES string of the molecule is NNC(=O)c1cc(-c2ccc(O)cc2)sc1C(N)=O. The first-order chi connectivity index (χ1) is 9.02. The maximum Gasteiger partial charge on any atom is 0.266 e. The molecule has 0 aliphatic carbocycles. The number of hydrogen-bond donors (Lipinski definition) is 4. The molecular formula is C12H11N3O3S. The molecule has 19 heavy (non-hydrogen) atoms. The quantitative estimate of drug-likeness (QED) is 0.377. The molecule has 1 aromatic carbocycles. The van der Waals surface area contributed by atoms with Crippen LogP contribution in [0.4, 0.5) is 0 Å². The van der Waals surface area contributed by atoms with Crippen LogP contribution < -0.4 is 17.0 Å². The number of phenols is 1. The third-order valence-corrected chi connectivity index (χ3v) is 3.68. The van der Waals surface area contributed by atoms with Gasteiger partial charge < -0.3 is 10.8 Å². The second-order valence-corrected chi connectivity index (χ2v) is 4.79. The van der Waals surface area contributed by atoms with Crippen molar-refractivity contribution >= 4 is 23.2 Å². The molecule has 1 heterocycles. The molecule has 0 radical (unpaired) electrons. The highest BCUT2D eigenvalue weighted by molar-refractivity contribution is 7.17. The van der Waals surface area contributed by atoms with Crippen molar-refractivity contribution in [2.75, 3.05) is 0 Å². The van der Waals surface area contributed by atoms with Crippen LogP contribution in [0.15, 0.2) is 30.3 Å². The van der Waals surface area contributed by atoms with Gasteiger partial charge in [-0.15, -0.1) is 11.3 Å². The average molecular weight is 277 g/mol. The maximum atomic E-state index is 11.6. The lowest BCUT2D eigenvalue weighted by molar-refractivity contribution is 0.0938. The van der Waals surface area contributed by atoms with Crippen LogP contribution in [0.25, 0.3) is 10.4 Å². The Morgan fingerprint density at radius 1 is 1.21 bits per heavy atom. The highest BCUT2D eigenvalue weighted by Crippen LogP contribution is 2.32. The van der Waals surface area contributed by atoms with Gasteiger partial charge in [0, 0.05) is 4.88 Å². The first-order valence-electron chi connectivity index (χ1n) is 5.27. The van der Waals surface area contributed by atoms with Crippen LogP contribution in [0.3, 0.4) is 0 Å². The topological polar surface area (TPSA) is 118 Å². The molecule has 98 valence electrons. The molecule has 0 aliphatic rings. The second-order valence-electron chi connectivity index (χ2n) is 3.74. The normalized spacial score (nSPS) is 10.2. The molecule has 0 fully saturated rings. The summed E-state index contributed by atoms with van der Waals surface area (Å²) in [6, 6.07) is 7.93. The lowest BCUT2D eigenvalue weighted by Gasteiger charge is -1.97. The van der Waals surface area contributed by atoms with E-state index in [-0.39, 0.29) is 16.2 Å². The summed E-state index contributed by atoms with van der Waals surface area (Å²) < 4.78 is 0. The molecular weight excluding hydrogens is 266 g/mol. The van der Waals surface area contributed by atoms with Crippen LogP contribution in [-0.4, -0.2) is 16.9 Å². The number of hydrogen-bond acceptors (Lipinski definition) is 5. The molecule has 0 saturated heterocycles. The Morgan fingerprint density at radius 2 is 1.84 bits per heavy atom. The van der Waals surface area contributed by atoms with Gasteiger partial charge in [0.25, 0.3) is 11.8 Å². The van der Waals surface area contributed by atoms with Crippen molar-refractivity contribution in [3.05, 3.63) is 40.8 Å². The number of benzene rings is 1. The summed E-state index contributed by atoms with van der Waals surface area (Å²) in [5.41, 5.74) is 8.11. The summed E-state index contributed by atoms with van der Waals surface area (Å²) in [7, 11) is 0. The van der Waals surface area contributed by atoms with Crippen molar-refractivity contribution in [2.45, 2.75) is 0 Å². The van der Waals surface area contributed by atoms with Crippen LogP contribution in [0.5, 0.6) is 5.75 Å². The van der Waals surface area contributed by atoms with E-state index in [1.54, 1.807) is 18.2 Å². The smallest absolute Gasteiger partial charge is 0.266 e. The van der Waals surface area contributed by atoms with E-state index < -0.39 is 11.8 Å².